The van der Waals surface area contributed by atoms with E-state index in [4.69, 9.17) is 9.47 Å². The van der Waals surface area contributed by atoms with Gasteiger partial charge in [-0.1, -0.05) is 20.8 Å². The Morgan fingerprint density at radius 1 is 1.04 bits per heavy atom. The van der Waals surface area contributed by atoms with E-state index >= 15 is 0 Å². The summed E-state index contributed by atoms with van der Waals surface area (Å²) in [7, 11) is 3.09. The molecule has 1 atom stereocenters. The summed E-state index contributed by atoms with van der Waals surface area (Å²) < 4.78 is 10.7. The third-order valence-electron chi connectivity index (χ3n) is 4.15. The minimum atomic E-state index is -0.431. The second kappa shape index (κ2) is 12.2. The fourth-order valence-electron chi connectivity index (χ4n) is 2.76. The van der Waals surface area contributed by atoms with E-state index in [-0.39, 0.29) is 23.8 Å². The zero-order valence-electron chi connectivity index (χ0n) is 17.1. The predicted octanol–water partition coefficient (Wildman–Crippen LogP) is 4.44. The van der Waals surface area contributed by atoms with E-state index < -0.39 is 5.92 Å². The molecule has 0 fully saturated rings. The smallest absolute Gasteiger partial charge is 0.164 e. The summed E-state index contributed by atoms with van der Waals surface area (Å²) in [4.78, 5) is 35.7. The van der Waals surface area contributed by atoms with Crippen LogP contribution in [0.1, 0.15) is 69.8 Å². The van der Waals surface area contributed by atoms with Gasteiger partial charge in [-0.05, 0) is 38.8 Å². The molecule has 0 aliphatic heterocycles. The lowest BCUT2D eigenvalue weighted by Crippen LogP contribution is -2.18. The highest BCUT2D eigenvalue weighted by Gasteiger charge is 2.23. The number of rotatable bonds is 10. The Hall–Kier alpha value is -2.17. The molecule has 1 aromatic carbocycles. The molecular formula is C21H32O5. The van der Waals surface area contributed by atoms with Gasteiger partial charge in [0.05, 0.1) is 14.2 Å². The maximum atomic E-state index is 12.7. The molecule has 26 heavy (non-hydrogen) atoms. The molecule has 5 nitrogen and oxygen atoms in total. The molecule has 0 bridgehead atoms. The van der Waals surface area contributed by atoms with Crippen LogP contribution in [0.4, 0.5) is 0 Å². The Balaban J connectivity index is 0.00000301. The van der Waals surface area contributed by atoms with Gasteiger partial charge in [0.15, 0.2) is 17.3 Å². The molecule has 1 unspecified atom stereocenters. The van der Waals surface area contributed by atoms with Crippen LogP contribution in [0.15, 0.2) is 12.1 Å². The van der Waals surface area contributed by atoms with Crippen molar-refractivity contribution in [2.24, 2.45) is 5.92 Å². The van der Waals surface area contributed by atoms with Gasteiger partial charge in [0.25, 0.3) is 0 Å². The summed E-state index contributed by atoms with van der Waals surface area (Å²) in [5.41, 5.74) is 1.32. The van der Waals surface area contributed by atoms with Crippen molar-refractivity contribution >= 4 is 17.3 Å². The van der Waals surface area contributed by atoms with Crippen molar-refractivity contribution in [2.45, 2.75) is 60.3 Å². The van der Waals surface area contributed by atoms with Gasteiger partial charge in [0.1, 0.15) is 11.6 Å². The van der Waals surface area contributed by atoms with Crippen molar-refractivity contribution in [2.75, 3.05) is 14.2 Å². The summed E-state index contributed by atoms with van der Waals surface area (Å²) in [6.45, 7) is 8.89. The van der Waals surface area contributed by atoms with Crippen LogP contribution in [0, 0.1) is 5.92 Å². The zero-order valence-corrected chi connectivity index (χ0v) is 17.1. The van der Waals surface area contributed by atoms with Crippen molar-refractivity contribution in [1.82, 2.24) is 0 Å². The van der Waals surface area contributed by atoms with Gasteiger partial charge in [0, 0.05) is 29.9 Å². The van der Waals surface area contributed by atoms with Gasteiger partial charge < -0.3 is 14.3 Å². The molecule has 1 aromatic rings. The van der Waals surface area contributed by atoms with E-state index in [1.54, 1.807) is 19.2 Å². The highest BCUT2D eigenvalue weighted by atomic mass is 16.5. The number of hydrogen-bond donors (Lipinski definition) is 0. The first-order valence-electron chi connectivity index (χ1n) is 9.12. The van der Waals surface area contributed by atoms with Gasteiger partial charge in [-0.25, -0.2) is 0 Å². The maximum Gasteiger partial charge on any atom is 0.164 e. The number of ketones is 3. The van der Waals surface area contributed by atoms with Gasteiger partial charge >= 0.3 is 0 Å². The quantitative estimate of drug-likeness (QED) is 0.574. The zero-order chi connectivity index (χ0) is 20.3. The molecule has 0 saturated carbocycles. The molecule has 1 rings (SSSR count). The molecule has 0 saturated heterocycles. The monoisotopic (exact) mass is 364 g/mol. The number of Topliss-reactive ketones (excluding diaryl/α,β-unsaturated/α-hetero) is 3. The third-order valence-corrected chi connectivity index (χ3v) is 4.15. The second-order valence-electron chi connectivity index (χ2n) is 5.86. The number of carbonyl (C=O) groups excluding carboxylic acids is 3. The van der Waals surface area contributed by atoms with Gasteiger partial charge in [0.2, 0.25) is 0 Å². The van der Waals surface area contributed by atoms with Crippen LogP contribution in [0.5, 0.6) is 11.5 Å². The molecule has 5 heteroatoms. The predicted molar refractivity (Wildman–Crippen MR) is 103 cm³/mol. The first kappa shape index (κ1) is 23.8. The molecule has 0 heterocycles. The minimum Gasteiger partial charge on any atom is -0.493 e. The molecule has 0 amide bonds. The fraction of sp³-hybridized carbons (Fsp3) is 0.571. The van der Waals surface area contributed by atoms with E-state index in [0.717, 1.165) is 5.56 Å². The topological polar surface area (TPSA) is 69.7 Å². The molecule has 0 radical (unpaired) electrons. The number of carbonyl (C=O) groups is 3. The number of benzene rings is 1. The first-order valence-corrected chi connectivity index (χ1v) is 9.12. The Bertz CT molecular complexity index is 619. The summed E-state index contributed by atoms with van der Waals surface area (Å²) in [6, 6.07) is 3.41. The SMILES string of the molecule is CC.CCc1c(C(=O)CC(CCC(C)=O)C(C)=O)ccc(OC)c1OC. The third kappa shape index (κ3) is 6.62. The normalized spacial score (nSPS) is 11.0. The second-order valence-corrected chi connectivity index (χ2v) is 5.86. The van der Waals surface area contributed by atoms with Crippen LogP contribution in [-0.4, -0.2) is 31.6 Å². The molecule has 0 aromatic heterocycles. The standard InChI is InChI=1S/C19H26O5.C2H6/c1-6-15-16(9-10-18(23-4)19(15)24-5)17(22)11-14(13(3)21)8-7-12(2)20;1-2/h9-10,14H,6-8,11H2,1-5H3;1-2H3. The van der Waals surface area contributed by atoms with Crippen LogP contribution < -0.4 is 9.47 Å². The number of methoxy groups -OCH3 is 2. The average Bonchev–Trinajstić information content (AvgIpc) is 2.64. The minimum absolute atomic E-state index is 0.0223. The Kier molecular flexibility index (Phi) is 11.2. The van der Waals surface area contributed by atoms with E-state index in [0.29, 0.717) is 36.3 Å². The molecule has 146 valence electrons. The van der Waals surface area contributed by atoms with Gasteiger partial charge in [-0.15, -0.1) is 0 Å². The largest absolute Gasteiger partial charge is 0.493 e. The summed E-state index contributed by atoms with van der Waals surface area (Å²) in [5.74, 6) is 0.535. The fourth-order valence-corrected chi connectivity index (χ4v) is 2.76. The van der Waals surface area contributed by atoms with Crippen LogP contribution in [0.3, 0.4) is 0 Å². The van der Waals surface area contributed by atoms with Crippen molar-refractivity contribution < 1.29 is 23.9 Å². The van der Waals surface area contributed by atoms with Gasteiger partial charge in [-0.2, -0.15) is 0 Å². The highest BCUT2D eigenvalue weighted by molar-refractivity contribution is 6.00. The Morgan fingerprint density at radius 3 is 2.08 bits per heavy atom. The summed E-state index contributed by atoms with van der Waals surface area (Å²) in [5, 5.41) is 0. The lowest BCUT2D eigenvalue weighted by molar-refractivity contribution is -0.121. The maximum absolute atomic E-state index is 12.7. The first-order chi connectivity index (χ1) is 12.3. The van der Waals surface area contributed by atoms with Crippen LogP contribution in [0.2, 0.25) is 0 Å². The lowest BCUT2D eigenvalue weighted by atomic mass is 9.88. The molecule has 0 aliphatic carbocycles. The highest BCUT2D eigenvalue weighted by Crippen LogP contribution is 2.34. The Labute approximate surface area is 157 Å². The average molecular weight is 364 g/mol. The molecule has 0 N–H and O–H groups in total. The lowest BCUT2D eigenvalue weighted by Gasteiger charge is -2.17. The molecule has 0 aliphatic rings. The van der Waals surface area contributed by atoms with Crippen LogP contribution in [0.25, 0.3) is 0 Å². The van der Waals surface area contributed by atoms with Gasteiger partial charge in [-0.3, -0.25) is 9.59 Å². The molecular weight excluding hydrogens is 332 g/mol. The van der Waals surface area contributed by atoms with Crippen molar-refractivity contribution in [3.63, 3.8) is 0 Å². The Morgan fingerprint density at radius 2 is 1.65 bits per heavy atom. The molecule has 0 spiro atoms. The number of hydrogen-bond acceptors (Lipinski definition) is 5. The van der Waals surface area contributed by atoms with Crippen molar-refractivity contribution in [3.05, 3.63) is 23.3 Å². The number of ether oxygens (including phenoxy) is 2. The van der Waals surface area contributed by atoms with E-state index in [1.807, 2.05) is 20.8 Å². The van der Waals surface area contributed by atoms with E-state index in [1.165, 1.54) is 21.0 Å². The van der Waals surface area contributed by atoms with Crippen molar-refractivity contribution in [1.29, 1.82) is 0 Å². The summed E-state index contributed by atoms with van der Waals surface area (Å²) >= 11 is 0. The van der Waals surface area contributed by atoms with Crippen LogP contribution in [-0.2, 0) is 16.0 Å². The van der Waals surface area contributed by atoms with Crippen LogP contribution >= 0.6 is 0 Å². The summed E-state index contributed by atoms with van der Waals surface area (Å²) in [6.07, 6.45) is 1.43. The van der Waals surface area contributed by atoms with Crippen molar-refractivity contribution in [3.8, 4) is 11.5 Å². The van der Waals surface area contributed by atoms with E-state index in [2.05, 4.69) is 0 Å². The van der Waals surface area contributed by atoms with E-state index in [9.17, 15) is 14.4 Å².